The van der Waals surface area contributed by atoms with Gasteiger partial charge in [-0.2, -0.15) is 0 Å². The Kier molecular flexibility index (Phi) is 5.88. The van der Waals surface area contributed by atoms with Crippen LogP contribution in [0.25, 0.3) is 0 Å². The molecule has 132 valence electrons. The van der Waals surface area contributed by atoms with E-state index in [9.17, 15) is 0 Å². The maximum absolute atomic E-state index is 6.03. The molecular weight excluding hydrogens is 389 g/mol. The first-order valence-electron chi connectivity index (χ1n) is 7.70. The number of nitrogens with one attached hydrogen (secondary N) is 3. The zero-order valence-corrected chi connectivity index (χ0v) is 16.1. The van der Waals surface area contributed by atoms with Gasteiger partial charge in [-0.25, -0.2) is 0 Å². The monoisotopic (exact) mass is 403 g/mol. The van der Waals surface area contributed by atoms with Crippen molar-refractivity contribution in [1.82, 2.24) is 10.2 Å². The fraction of sp³-hybridized carbons (Fsp3) is 0.0556. The molecule has 5 nitrogen and oxygen atoms in total. The lowest BCUT2D eigenvalue weighted by molar-refractivity contribution is 1.04. The van der Waals surface area contributed by atoms with E-state index in [2.05, 4.69) is 26.1 Å². The molecule has 0 aliphatic heterocycles. The summed E-state index contributed by atoms with van der Waals surface area (Å²) < 4.78 is 0. The van der Waals surface area contributed by atoms with Crippen molar-refractivity contribution < 1.29 is 0 Å². The van der Waals surface area contributed by atoms with Crippen molar-refractivity contribution in [2.45, 2.75) is 6.92 Å². The number of aryl methyl sites for hydroxylation is 1. The smallest absolute Gasteiger partial charge is 0.175 e. The van der Waals surface area contributed by atoms with Crippen molar-refractivity contribution in [3.63, 3.8) is 0 Å². The number of anilines is 4. The first kappa shape index (κ1) is 18.4. The van der Waals surface area contributed by atoms with Crippen LogP contribution in [-0.2, 0) is 0 Å². The van der Waals surface area contributed by atoms with Gasteiger partial charge in [-0.1, -0.05) is 29.3 Å². The minimum absolute atomic E-state index is 0.353. The third-order valence-electron chi connectivity index (χ3n) is 3.49. The van der Waals surface area contributed by atoms with Crippen LogP contribution in [0.3, 0.4) is 0 Å². The topological polar surface area (TPSA) is 61.9 Å². The second kappa shape index (κ2) is 8.31. The molecule has 1 aromatic heterocycles. The molecule has 26 heavy (non-hydrogen) atoms. The number of hydrogen-bond acceptors (Lipinski definition) is 4. The molecular formula is C18H15Cl2N5S. The minimum Gasteiger partial charge on any atom is -0.339 e. The van der Waals surface area contributed by atoms with Gasteiger partial charge >= 0.3 is 0 Å². The fourth-order valence-electron chi connectivity index (χ4n) is 2.18. The van der Waals surface area contributed by atoms with Crippen LogP contribution in [0.5, 0.6) is 0 Å². The summed E-state index contributed by atoms with van der Waals surface area (Å²) in [7, 11) is 0. The van der Waals surface area contributed by atoms with Crippen molar-refractivity contribution in [3.05, 3.63) is 70.3 Å². The molecule has 0 atom stereocenters. The van der Waals surface area contributed by atoms with Crippen molar-refractivity contribution in [1.29, 1.82) is 0 Å². The van der Waals surface area contributed by atoms with E-state index >= 15 is 0 Å². The molecule has 0 aliphatic rings. The summed E-state index contributed by atoms with van der Waals surface area (Å²) in [6.45, 7) is 1.99. The molecule has 0 unspecified atom stereocenters. The molecule has 3 rings (SSSR count). The van der Waals surface area contributed by atoms with Gasteiger partial charge in [0.1, 0.15) is 0 Å². The Hall–Kier alpha value is -2.41. The molecule has 2 aromatic carbocycles. The van der Waals surface area contributed by atoms with E-state index in [-0.39, 0.29) is 0 Å². The zero-order chi connectivity index (χ0) is 18.5. The molecule has 0 fully saturated rings. The summed E-state index contributed by atoms with van der Waals surface area (Å²) in [5.41, 5.74) is 3.66. The minimum atomic E-state index is 0.353. The Balaban J connectivity index is 1.60. The average molecular weight is 404 g/mol. The number of nitrogens with zero attached hydrogens (tertiary/aromatic N) is 2. The van der Waals surface area contributed by atoms with Crippen LogP contribution in [0.2, 0.25) is 10.2 Å². The highest BCUT2D eigenvalue weighted by atomic mass is 35.5. The van der Waals surface area contributed by atoms with Gasteiger partial charge in [0.25, 0.3) is 0 Å². The molecule has 3 aromatic rings. The summed E-state index contributed by atoms with van der Waals surface area (Å²) >= 11 is 17.1. The molecule has 0 saturated heterocycles. The Morgan fingerprint density at radius 3 is 2.31 bits per heavy atom. The normalized spacial score (nSPS) is 10.3. The zero-order valence-electron chi connectivity index (χ0n) is 13.8. The predicted octanol–water partition coefficient (Wildman–Crippen LogP) is 5.64. The molecule has 3 N–H and O–H groups in total. The van der Waals surface area contributed by atoms with Crippen LogP contribution >= 0.6 is 35.4 Å². The third kappa shape index (κ3) is 5.05. The van der Waals surface area contributed by atoms with E-state index in [1.54, 1.807) is 12.1 Å². The Morgan fingerprint density at radius 2 is 1.62 bits per heavy atom. The van der Waals surface area contributed by atoms with Crippen molar-refractivity contribution in [2.75, 3.05) is 16.0 Å². The highest BCUT2D eigenvalue weighted by Crippen LogP contribution is 2.21. The van der Waals surface area contributed by atoms with Crippen LogP contribution in [0, 0.1) is 6.92 Å². The lowest BCUT2D eigenvalue weighted by Gasteiger charge is -2.13. The van der Waals surface area contributed by atoms with Gasteiger partial charge in [-0.15, -0.1) is 10.2 Å². The number of hydrogen-bond donors (Lipinski definition) is 3. The summed E-state index contributed by atoms with van der Waals surface area (Å²) in [5, 5.41) is 18.7. The second-order valence-corrected chi connectivity index (χ2v) is 6.71. The Bertz CT molecular complexity index is 914. The number of thiocarbonyl (C=S) groups is 1. The van der Waals surface area contributed by atoms with E-state index in [1.165, 1.54) is 0 Å². The van der Waals surface area contributed by atoms with Crippen molar-refractivity contribution >= 4 is 63.4 Å². The van der Waals surface area contributed by atoms with Crippen LogP contribution < -0.4 is 16.0 Å². The van der Waals surface area contributed by atoms with Crippen molar-refractivity contribution in [3.8, 4) is 0 Å². The number of aromatic nitrogens is 2. The van der Waals surface area contributed by atoms with E-state index in [1.807, 2.05) is 49.4 Å². The second-order valence-electron chi connectivity index (χ2n) is 5.48. The lowest BCUT2D eigenvalue weighted by atomic mass is 10.2. The summed E-state index contributed by atoms with van der Waals surface area (Å²) in [6, 6.07) is 16.7. The Morgan fingerprint density at radius 1 is 0.885 bits per heavy atom. The Labute approximate surface area is 166 Å². The van der Waals surface area contributed by atoms with Crippen LogP contribution in [0.4, 0.5) is 22.9 Å². The predicted molar refractivity (Wildman–Crippen MR) is 113 cm³/mol. The van der Waals surface area contributed by atoms with Crippen LogP contribution in [0.1, 0.15) is 5.56 Å². The van der Waals surface area contributed by atoms with Gasteiger partial charge in [0.2, 0.25) is 0 Å². The molecule has 0 spiro atoms. The van der Waals surface area contributed by atoms with Crippen molar-refractivity contribution in [2.24, 2.45) is 0 Å². The highest BCUT2D eigenvalue weighted by molar-refractivity contribution is 7.80. The SMILES string of the molecule is Cc1ccc(Cl)cc1NC(=S)Nc1ccc(Nc2ccc(Cl)nn2)cc1. The van der Waals surface area contributed by atoms with E-state index < -0.39 is 0 Å². The van der Waals surface area contributed by atoms with Gasteiger partial charge < -0.3 is 16.0 Å². The first-order valence-corrected chi connectivity index (χ1v) is 8.86. The molecule has 0 aliphatic carbocycles. The summed E-state index contributed by atoms with van der Waals surface area (Å²) in [4.78, 5) is 0. The van der Waals surface area contributed by atoms with Gasteiger partial charge in [0.05, 0.1) is 0 Å². The summed E-state index contributed by atoms with van der Waals surface area (Å²) in [6.07, 6.45) is 0. The summed E-state index contributed by atoms with van der Waals surface area (Å²) in [5.74, 6) is 0.615. The standard InChI is InChI=1S/C18H15Cl2N5S/c1-11-2-3-12(19)10-15(11)23-18(26)22-14-6-4-13(5-7-14)21-17-9-8-16(20)24-25-17/h2-10H,1H3,(H,21,25)(H2,22,23,26). The molecule has 1 heterocycles. The van der Waals surface area contributed by atoms with Gasteiger partial charge in [0, 0.05) is 22.1 Å². The highest BCUT2D eigenvalue weighted by Gasteiger charge is 2.04. The molecule has 0 bridgehead atoms. The fourth-order valence-corrected chi connectivity index (χ4v) is 2.68. The van der Waals surface area contributed by atoms with Gasteiger partial charge in [0.15, 0.2) is 16.1 Å². The number of benzene rings is 2. The van der Waals surface area contributed by atoms with E-state index in [0.29, 0.717) is 21.1 Å². The van der Waals surface area contributed by atoms with Crippen LogP contribution in [0.15, 0.2) is 54.6 Å². The molecule has 0 radical (unpaired) electrons. The third-order valence-corrected chi connectivity index (χ3v) is 4.14. The lowest BCUT2D eigenvalue weighted by Crippen LogP contribution is -2.19. The quantitative estimate of drug-likeness (QED) is 0.489. The van der Waals surface area contributed by atoms with Gasteiger partial charge in [-0.3, -0.25) is 0 Å². The van der Waals surface area contributed by atoms with E-state index in [4.69, 9.17) is 35.4 Å². The maximum atomic E-state index is 6.03. The molecule has 0 amide bonds. The van der Waals surface area contributed by atoms with E-state index in [0.717, 1.165) is 22.6 Å². The largest absolute Gasteiger partial charge is 0.339 e. The van der Waals surface area contributed by atoms with Gasteiger partial charge in [-0.05, 0) is 73.2 Å². The number of rotatable bonds is 4. The maximum Gasteiger partial charge on any atom is 0.175 e. The first-order chi connectivity index (χ1) is 12.5. The molecule has 0 saturated carbocycles. The van der Waals surface area contributed by atoms with Crippen LogP contribution in [-0.4, -0.2) is 15.3 Å². The molecule has 8 heteroatoms. The number of halogens is 2. The average Bonchev–Trinajstić information content (AvgIpc) is 2.62.